The summed E-state index contributed by atoms with van der Waals surface area (Å²) < 4.78 is 0. The SMILES string of the molecule is Cc1ccc(N(c2ccc(C(C)(C)C)cc2)c2cc(C)cc(N(c3cccc(C(C)(C)C)c3)c3cc(C)cc(C(C)(C)C)c3)c2Cl)cc1. The third-order valence-electron chi connectivity index (χ3n) is 9.10. The monoisotopic (exact) mass is 656 g/mol. The molecule has 250 valence electrons. The minimum atomic E-state index is -0.0112. The average Bonchev–Trinajstić information content (AvgIpc) is 2.99. The van der Waals surface area contributed by atoms with Crippen LogP contribution < -0.4 is 9.80 Å². The van der Waals surface area contributed by atoms with Gasteiger partial charge < -0.3 is 9.80 Å². The van der Waals surface area contributed by atoms with Crippen LogP contribution in [0.25, 0.3) is 0 Å². The van der Waals surface area contributed by atoms with Gasteiger partial charge in [-0.05, 0) is 125 Å². The zero-order valence-corrected chi connectivity index (χ0v) is 31.8. The summed E-state index contributed by atoms with van der Waals surface area (Å²) in [5.74, 6) is 0. The lowest BCUT2D eigenvalue weighted by Crippen LogP contribution is -2.18. The first-order valence-electron chi connectivity index (χ1n) is 17.1. The molecule has 0 radical (unpaired) electrons. The normalized spacial score (nSPS) is 12.3. The first-order valence-corrected chi connectivity index (χ1v) is 17.5. The van der Waals surface area contributed by atoms with Gasteiger partial charge >= 0.3 is 0 Å². The zero-order valence-electron chi connectivity index (χ0n) is 31.1. The molecule has 0 N–H and O–H groups in total. The van der Waals surface area contributed by atoms with Crippen LogP contribution in [0.3, 0.4) is 0 Å². The topological polar surface area (TPSA) is 6.48 Å². The van der Waals surface area contributed by atoms with E-state index in [2.05, 4.69) is 196 Å². The van der Waals surface area contributed by atoms with E-state index in [1.54, 1.807) is 0 Å². The molecule has 0 unspecified atom stereocenters. The summed E-state index contributed by atoms with van der Waals surface area (Å²) in [6, 6.07) is 37.9. The molecule has 0 fully saturated rings. The van der Waals surface area contributed by atoms with E-state index in [-0.39, 0.29) is 16.2 Å². The van der Waals surface area contributed by atoms with Crippen molar-refractivity contribution in [2.75, 3.05) is 9.80 Å². The fourth-order valence-electron chi connectivity index (χ4n) is 6.15. The molecule has 0 spiro atoms. The predicted octanol–water partition coefficient (Wildman–Crippen LogP) is 14.1. The van der Waals surface area contributed by atoms with Crippen molar-refractivity contribution < 1.29 is 0 Å². The third-order valence-corrected chi connectivity index (χ3v) is 9.49. The van der Waals surface area contributed by atoms with Crippen LogP contribution in [-0.2, 0) is 16.2 Å². The number of hydrogen-bond donors (Lipinski definition) is 0. The lowest BCUT2D eigenvalue weighted by Gasteiger charge is -2.33. The summed E-state index contributed by atoms with van der Waals surface area (Å²) in [5, 5.41) is 0.695. The lowest BCUT2D eigenvalue weighted by molar-refractivity contribution is 0.589. The highest BCUT2D eigenvalue weighted by Gasteiger charge is 2.26. The highest BCUT2D eigenvalue weighted by Crippen LogP contribution is 2.48. The van der Waals surface area contributed by atoms with Crippen molar-refractivity contribution in [2.45, 2.75) is 99.3 Å². The number of aryl methyl sites for hydroxylation is 3. The van der Waals surface area contributed by atoms with Gasteiger partial charge in [-0.25, -0.2) is 0 Å². The van der Waals surface area contributed by atoms with Crippen LogP contribution in [0.15, 0.2) is 103 Å². The Morgan fingerprint density at radius 2 is 0.854 bits per heavy atom. The number of anilines is 6. The van der Waals surface area contributed by atoms with Crippen molar-refractivity contribution in [2.24, 2.45) is 0 Å². The number of nitrogens with zero attached hydrogens (tertiary/aromatic N) is 2. The van der Waals surface area contributed by atoms with Crippen LogP contribution in [0.5, 0.6) is 0 Å². The van der Waals surface area contributed by atoms with Gasteiger partial charge in [0.15, 0.2) is 0 Å². The van der Waals surface area contributed by atoms with E-state index in [0.29, 0.717) is 5.02 Å². The van der Waals surface area contributed by atoms with Crippen LogP contribution in [0.2, 0.25) is 5.02 Å². The largest absolute Gasteiger partial charge is 0.309 e. The van der Waals surface area contributed by atoms with E-state index in [4.69, 9.17) is 11.6 Å². The molecule has 0 saturated carbocycles. The maximum atomic E-state index is 7.72. The van der Waals surface area contributed by atoms with Crippen LogP contribution in [0.4, 0.5) is 34.1 Å². The molecule has 48 heavy (non-hydrogen) atoms. The summed E-state index contributed by atoms with van der Waals surface area (Å²) in [4.78, 5) is 4.65. The quantitative estimate of drug-likeness (QED) is 0.179. The van der Waals surface area contributed by atoms with Crippen LogP contribution in [0, 0.1) is 20.8 Å². The van der Waals surface area contributed by atoms with Gasteiger partial charge in [0.1, 0.15) is 0 Å². The zero-order chi connectivity index (χ0) is 35.2. The van der Waals surface area contributed by atoms with E-state index in [1.165, 1.54) is 27.8 Å². The minimum Gasteiger partial charge on any atom is -0.309 e. The van der Waals surface area contributed by atoms with Gasteiger partial charge in [-0.1, -0.05) is 122 Å². The van der Waals surface area contributed by atoms with E-state index in [0.717, 1.165) is 39.7 Å². The van der Waals surface area contributed by atoms with Crippen molar-refractivity contribution in [3.63, 3.8) is 0 Å². The first kappa shape index (κ1) is 35.3. The summed E-state index contributed by atoms with van der Waals surface area (Å²) in [5.41, 5.74) is 13.7. The van der Waals surface area contributed by atoms with E-state index >= 15 is 0 Å². The first-order chi connectivity index (χ1) is 22.3. The van der Waals surface area contributed by atoms with E-state index in [9.17, 15) is 0 Å². The van der Waals surface area contributed by atoms with Gasteiger partial charge in [-0.2, -0.15) is 0 Å². The van der Waals surface area contributed by atoms with Crippen molar-refractivity contribution in [3.05, 3.63) is 142 Å². The number of rotatable bonds is 6. The van der Waals surface area contributed by atoms with Gasteiger partial charge in [0, 0.05) is 22.7 Å². The smallest absolute Gasteiger partial charge is 0.0887 e. The maximum absolute atomic E-state index is 7.72. The molecule has 0 amide bonds. The molecular formula is C45H53ClN2. The molecule has 0 saturated heterocycles. The molecule has 0 atom stereocenters. The molecule has 0 bridgehead atoms. The molecule has 3 heteroatoms. The maximum Gasteiger partial charge on any atom is 0.0887 e. The molecule has 0 aromatic heterocycles. The molecule has 5 aromatic rings. The van der Waals surface area contributed by atoms with Gasteiger partial charge in [-0.15, -0.1) is 0 Å². The number of halogens is 1. The number of benzene rings is 5. The molecule has 0 aliphatic rings. The second-order valence-corrected chi connectivity index (χ2v) is 16.9. The predicted molar refractivity (Wildman–Crippen MR) is 211 cm³/mol. The summed E-state index contributed by atoms with van der Waals surface area (Å²) in [6.45, 7) is 26.9. The average molecular weight is 657 g/mol. The van der Waals surface area contributed by atoms with Crippen LogP contribution in [0.1, 0.15) is 95.7 Å². The molecule has 2 nitrogen and oxygen atoms in total. The fourth-order valence-corrected chi connectivity index (χ4v) is 6.43. The lowest BCUT2D eigenvalue weighted by atomic mass is 9.85. The van der Waals surface area contributed by atoms with E-state index in [1.807, 2.05) is 0 Å². The summed E-state index contributed by atoms with van der Waals surface area (Å²) in [6.07, 6.45) is 0. The minimum absolute atomic E-state index is 0.00608. The van der Waals surface area contributed by atoms with E-state index < -0.39 is 0 Å². The van der Waals surface area contributed by atoms with Crippen molar-refractivity contribution in [3.8, 4) is 0 Å². The fraction of sp³-hybridized carbons (Fsp3) is 0.333. The Morgan fingerprint density at radius 1 is 0.396 bits per heavy atom. The standard InChI is InChI=1S/C45H53ClN2/c1-30-16-20-36(21-17-30)47(37-22-18-33(19-23-37)43(4,5)6)40-26-32(3)27-41(42(40)46)48(38-15-13-14-34(28-38)44(7,8)9)39-25-31(2)24-35(29-39)45(10,11)12/h13-29H,1-12H3. The summed E-state index contributed by atoms with van der Waals surface area (Å²) in [7, 11) is 0. The Hall–Kier alpha value is -4.01. The van der Waals surface area contributed by atoms with Gasteiger partial charge in [0.2, 0.25) is 0 Å². The van der Waals surface area contributed by atoms with Crippen molar-refractivity contribution in [1.82, 2.24) is 0 Å². The molecule has 5 rings (SSSR count). The molecular weight excluding hydrogens is 604 g/mol. The molecule has 5 aromatic carbocycles. The van der Waals surface area contributed by atoms with Crippen molar-refractivity contribution >= 4 is 45.7 Å². The van der Waals surface area contributed by atoms with Crippen LogP contribution >= 0.6 is 11.6 Å². The van der Waals surface area contributed by atoms with Crippen molar-refractivity contribution in [1.29, 1.82) is 0 Å². The van der Waals surface area contributed by atoms with Gasteiger partial charge in [0.25, 0.3) is 0 Å². The van der Waals surface area contributed by atoms with Crippen LogP contribution in [-0.4, -0.2) is 0 Å². The highest BCUT2D eigenvalue weighted by atomic mass is 35.5. The summed E-state index contributed by atoms with van der Waals surface area (Å²) >= 11 is 7.72. The Kier molecular flexibility index (Phi) is 9.65. The highest BCUT2D eigenvalue weighted by molar-refractivity contribution is 6.36. The Balaban J connectivity index is 1.80. The number of hydrogen-bond acceptors (Lipinski definition) is 2. The van der Waals surface area contributed by atoms with Gasteiger partial charge in [0.05, 0.1) is 16.4 Å². The molecule has 0 aliphatic carbocycles. The Morgan fingerprint density at radius 3 is 1.38 bits per heavy atom. The second-order valence-electron chi connectivity index (χ2n) is 16.5. The Labute approximate surface area is 295 Å². The second kappa shape index (κ2) is 13.1. The Bertz CT molecular complexity index is 1900. The van der Waals surface area contributed by atoms with Gasteiger partial charge in [-0.3, -0.25) is 0 Å². The third kappa shape index (κ3) is 7.66. The molecule has 0 heterocycles. The molecule has 0 aliphatic heterocycles.